The van der Waals surface area contributed by atoms with Gasteiger partial charge in [-0.15, -0.1) is 22.7 Å². The van der Waals surface area contributed by atoms with Crippen molar-refractivity contribution < 1.29 is 0 Å². The van der Waals surface area contributed by atoms with E-state index in [2.05, 4.69) is 24.3 Å². The smallest absolute Gasteiger partial charge is 0.114 e. The lowest BCUT2D eigenvalue weighted by molar-refractivity contribution is 1.49. The van der Waals surface area contributed by atoms with E-state index in [0.717, 1.165) is 20.2 Å². The Morgan fingerprint density at radius 2 is 1.00 bits per heavy atom. The summed E-state index contributed by atoms with van der Waals surface area (Å²) in [6.07, 6.45) is 0. The van der Waals surface area contributed by atoms with Crippen LogP contribution < -0.4 is 0 Å². The molecule has 0 aliphatic heterocycles. The molecule has 6 heteroatoms. The molecule has 0 unspecified atom stereocenters. The molecule has 0 spiro atoms. The van der Waals surface area contributed by atoms with Gasteiger partial charge in [0.25, 0.3) is 0 Å². The number of thiophene rings is 2. The van der Waals surface area contributed by atoms with Gasteiger partial charge in [-0.2, -0.15) is 21.0 Å². The Morgan fingerprint density at radius 3 is 1.36 bits per heavy atom. The molecule has 128 valence electrons. The molecular formula is C22H8N4S2. The van der Waals surface area contributed by atoms with Crippen LogP contribution >= 0.6 is 22.7 Å². The van der Waals surface area contributed by atoms with Gasteiger partial charge >= 0.3 is 0 Å². The lowest BCUT2D eigenvalue weighted by atomic mass is 9.93. The third-order valence-electron chi connectivity index (χ3n) is 4.37. The van der Waals surface area contributed by atoms with Crippen molar-refractivity contribution in [2.45, 2.75) is 0 Å². The lowest BCUT2D eigenvalue weighted by Crippen LogP contribution is -1.92. The van der Waals surface area contributed by atoms with Crippen molar-refractivity contribution in [3.05, 3.63) is 69.4 Å². The first-order chi connectivity index (χ1) is 13.7. The molecule has 0 atom stereocenters. The predicted octanol–water partition coefficient (Wildman–Crippen LogP) is 5.82. The Balaban J connectivity index is 2.16. The third-order valence-corrected chi connectivity index (χ3v) is 6.52. The molecule has 0 amide bonds. The van der Waals surface area contributed by atoms with Crippen molar-refractivity contribution in [2.75, 3.05) is 0 Å². The summed E-state index contributed by atoms with van der Waals surface area (Å²) in [5, 5.41) is 40.7. The Morgan fingerprint density at radius 1 is 0.607 bits per heavy atom. The largest absolute Gasteiger partial charge is 0.192 e. The first kappa shape index (κ1) is 17.5. The van der Waals surface area contributed by atoms with Gasteiger partial charge in [-0.05, 0) is 12.1 Å². The fourth-order valence-corrected chi connectivity index (χ4v) is 5.23. The van der Waals surface area contributed by atoms with E-state index >= 15 is 0 Å². The molecule has 0 saturated heterocycles. The Hall–Kier alpha value is -3.94. The van der Waals surface area contributed by atoms with Crippen LogP contribution in [-0.4, -0.2) is 0 Å². The standard InChI is InChI=1S/C22H8N4S2/c23-9-15(21-13-5-1-3-7-17(13)27-19(21)11-25)16(10-24)22-14-6-2-4-8-18(14)28-20(22)12-26/h1-8H. The number of hydrogen-bond donors (Lipinski definition) is 0. The van der Waals surface area contributed by atoms with Crippen LogP contribution in [0.5, 0.6) is 0 Å². The lowest BCUT2D eigenvalue weighted by Gasteiger charge is -2.05. The van der Waals surface area contributed by atoms with E-state index in [9.17, 15) is 21.0 Å². The molecular weight excluding hydrogens is 384 g/mol. The van der Waals surface area contributed by atoms with Gasteiger partial charge in [0, 0.05) is 31.3 Å². The summed E-state index contributed by atoms with van der Waals surface area (Å²) in [4.78, 5) is 0.757. The summed E-state index contributed by atoms with van der Waals surface area (Å²) in [6, 6.07) is 23.4. The zero-order chi connectivity index (χ0) is 19.7. The van der Waals surface area contributed by atoms with Gasteiger partial charge in [0.05, 0.1) is 11.1 Å². The van der Waals surface area contributed by atoms with Gasteiger partial charge in [-0.3, -0.25) is 0 Å². The highest BCUT2D eigenvalue weighted by Crippen LogP contribution is 2.42. The first-order valence-corrected chi connectivity index (χ1v) is 9.75. The summed E-state index contributed by atoms with van der Waals surface area (Å²) in [5.74, 6) is 0. The zero-order valence-electron chi connectivity index (χ0n) is 14.2. The van der Waals surface area contributed by atoms with Gasteiger partial charge in [-0.1, -0.05) is 36.4 Å². The topological polar surface area (TPSA) is 95.2 Å². The van der Waals surface area contributed by atoms with Gasteiger partial charge in [0.2, 0.25) is 0 Å². The molecule has 0 N–H and O–H groups in total. The molecule has 4 rings (SSSR count). The number of nitrogens with zero attached hydrogens (tertiary/aromatic N) is 4. The molecule has 4 nitrogen and oxygen atoms in total. The molecule has 0 bridgehead atoms. The second-order valence-corrected chi connectivity index (χ2v) is 7.91. The van der Waals surface area contributed by atoms with Crippen molar-refractivity contribution in [1.29, 1.82) is 21.0 Å². The summed E-state index contributed by atoms with van der Waals surface area (Å²) in [7, 11) is 0. The number of rotatable bonds is 2. The maximum absolute atomic E-state index is 9.97. The number of hydrogen-bond acceptors (Lipinski definition) is 6. The van der Waals surface area contributed by atoms with Crippen molar-refractivity contribution in [1.82, 2.24) is 0 Å². The van der Waals surface area contributed by atoms with Gasteiger partial charge in [0.15, 0.2) is 0 Å². The van der Waals surface area contributed by atoms with Gasteiger partial charge < -0.3 is 0 Å². The fourth-order valence-electron chi connectivity index (χ4n) is 3.22. The maximum Gasteiger partial charge on any atom is 0.114 e. The van der Waals surface area contributed by atoms with Crippen LogP contribution in [0, 0.1) is 45.3 Å². The average Bonchev–Trinajstić information content (AvgIpc) is 3.30. The van der Waals surface area contributed by atoms with Crippen LogP contribution in [0.25, 0.3) is 31.3 Å². The predicted molar refractivity (Wildman–Crippen MR) is 111 cm³/mol. The van der Waals surface area contributed by atoms with E-state index in [4.69, 9.17) is 0 Å². The fraction of sp³-hybridized carbons (Fsp3) is 0. The quantitative estimate of drug-likeness (QED) is 0.402. The van der Waals surface area contributed by atoms with Crippen molar-refractivity contribution in [3.8, 4) is 24.3 Å². The van der Waals surface area contributed by atoms with Crippen molar-refractivity contribution in [2.24, 2.45) is 0 Å². The minimum atomic E-state index is 0.122. The molecule has 0 radical (unpaired) electrons. The molecule has 2 aromatic heterocycles. The first-order valence-electron chi connectivity index (χ1n) is 8.12. The van der Waals surface area contributed by atoms with Gasteiger partial charge in [0.1, 0.15) is 34.0 Å². The molecule has 2 heterocycles. The van der Waals surface area contributed by atoms with Crippen molar-refractivity contribution >= 4 is 54.0 Å². The second kappa shape index (κ2) is 6.99. The highest BCUT2D eigenvalue weighted by atomic mass is 32.1. The van der Waals surface area contributed by atoms with E-state index < -0.39 is 0 Å². The maximum atomic E-state index is 9.97. The molecule has 0 fully saturated rings. The molecule has 0 saturated carbocycles. The van der Waals surface area contributed by atoms with Crippen molar-refractivity contribution in [3.63, 3.8) is 0 Å². The molecule has 4 aromatic rings. The van der Waals surface area contributed by atoms with E-state index in [1.54, 1.807) is 0 Å². The highest BCUT2D eigenvalue weighted by Gasteiger charge is 2.24. The van der Waals surface area contributed by atoms with E-state index in [0.29, 0.717) is 20.9 Å². The second-order valence-electron chi connectivity index (χ2n) is 5.80. The van der Waals surface area contributed by atoms with E-state index in [-0.39, 0.29) is 11.1 Å². The van der Waals surface area contributed by atoms with Gasteiger partial charge in [-0.25, -0.2) is 0 Å². The number of benzene rings is 2. The normalized spacial score (nSPS) is 11.3. The highest BCUT2D eigenvalue weighted by molar-refractivity contribution is 7.20. The summed E-state index contributed by atoms with van der Waals surface area (Å²) >= 11 is 2.58. The Labute approximate surface area is 168 Å². The molecule has 0 aliphatic carbocycles. The van der Waals surface area contributed by atoms with E-state index in [1.165, 1.54) is 22.7 Å². The molecule has 2 aromatic carbocycles. The van der Waals surface area contributed by atoms with Crippen LogP contribution in [0.4, 0.5) is 0 Å². The number of allylic oxidation sites excluding steroid dienone is 2. The third kappa shape index (κ3) is 2.54. The summed E-state index contributed by atoms with van der Waals surface area (Å²) in [5.41, 5.74) is 1.16. The Bertz CT molecular complexity index is 1340. The average molecular weight is 392 g/mol. The summed E-state index contributed by atoms with van der Waals surface area (Å²) in [6.45, 7) is 0. The monoisotopic (exact) mass is 392 g/mol. The SMILES string of the molecule is N#CC(=C(C#N)c1c(C#N)sc2ccccc12)c1c(C#N)sc2ccccc12. The minimum absolute atomic E-state index is 0.122. The summed E-state index contributed by atoms with van der Waals surface area (Å²) < 4.78 is 1.74. The molecule has 28 heavy (non-hydrogen) atoms. The number of nitriles is 4. The number of fused-ring (bicyclic) bond motifs is 2. The van der Waals surface area contributed by atoms with Crippen LogP contribution in [0.3, 0.4) is 0 Å². The Kier molecular flexibility index (Phi) is 4.36. The minimum Gasteiger partial charge on any atom is -0.192 e. The van der Waals surface area contributed by atoms with Crippen LogP contribution in [0.2, 0.25) is 0 Å². The zero-order valence-corrected chi connectivity index (χ0v) is 15.9. The van der Waals surface area contributed by atoms with Crippen LogP contribution in [0.1, 0.15) is 20.9 Å². The van der Waals surface area contributed by atoms with Crippen LogP contribution in [-0.2, 0) is 0 Å². The van der Waals surface area contributed by atoms with Crippen LogP contribution in [0.15, 0.2) is 48.5 Å². The van der Waals surface area contributed by atoms with E-state index in [1.807, 2.05) is 48.5 Å². The molecule has 0 aliphatic rings.